The van der Waals surface area contributed by atoms with E-state index in [9.17, 15) is 18.0 Å². The first-order valence-corrected chi connectivity index (χ1v) is 6.01. The number of hydrogen-bond acceptors (Lipinski definition) is 2. The Morgan fingerprint density at radius 2 is 1.95 bits per heavy atom. The molecular formula is C13H17F3N2O. The highest BCUT2D eigenvalue weighted by Crippen LogP contribution is 2.35. The SMILES string of the molecule is CCNc1ccc(C(=O)NC(C)C)cc1C(F)(F)F. The molecule has 106 valence electrons. The predicted octanol–water partition coefficient (Wildman–Crippen LogP) is 3.28. The Kier molecular flexibility index (Phi) is 4.80. The average molecular weight is 274 g/mol. The summed E-state index contributed by atoms with van der Waals surface area (Å²) in [6.45, 7) is 5.57. The molecule has 0 saturated heterocycles. The number of alkyl halides is 3. The van der Waals surface area contributed by atoms with Gasteiger partial charge in [-0.1, -0.05) is 0 Å². The molecule has 1 amide bonds. The van der Waals surface area contributed by atoms with Gasteiger partial charge in [0.15, 0.2) is 0 Å². The molecule has 2 N–H and O–H groups in total. The molecular weight excluding hydrogens is 257 g/mol. The minimum absolute atomic E-state index is 0.00248. The maximum absolute atomic E-state index is 12.9. The summed E-state index contributed by atoms with van der Waals surface area (Å²) >= 11 is 0. The standard InChI is InChI=1S/C13H17F3N2O/c1-4-17-11-6-5-9(12(19)18-8(2)3)7-10(11)13(14,15)16/h5-8,17H,4H2,1-3H3,(H,18,19). The van der Waals surface area contributed by atoms with Crippen LogP contribution in [0.4, 0.5) is 18.9 Å². The van der Waals surface area contributed by atoms with E-state index in [-0.39, 0.29) is 17.3 Å². The summed E-state index contributed by atoms with van der Waals surface area (Å²) in [6.07, 6.45) is -4.49. The molecule has 3 nitrogen and oxygen atoms in total. The zero-order valence-electron chi connectivity index (χ0n) is 11.1. The van der Waals surface area contributed by atoms with Gasteiger partial charge in [-0.25, -0.2) is 0 Å². The Labute approximate surface area is 110 Å². The summed E-state index contributed by atoms with van der Waals surface area (Å²) in [6, 6.07) is 3.40. The summed E-state index contributed by atoms with van der Waals surface area (Å²) in [5.41, 5.74) is -0.843. The summed E-state index contributed by atoms with van der Waals surface area (Å²) in [5, 5.41) is 5.20. The summed E-state index contributed by atoms with van der Waals surface area (Å²) < 4.78 is 38.7. The first-order chi connectivity index (χ1) is 8.75. The van der Waals surface area contributed by atoms with Gasteiger partial charge in [0.2, 0.25) is 0 Å². The number of carbonyl (C=O) groups excluding carboxylic acids is 1. The van der Waals surface area contributed by atoms with Gasteiger partial charge < -0.3 is 10.6 Å². The van der Waals surface area contributed by atoms with E-state index in [1.54, 1.807) is 20.8 Å². The third-order valence-corrected chi connectivity index (χ3v) is 2.37. The van der Waals surface area contributed by atoms with Crippen molar-refractivity contribution in [3.63, 3.8) is 0 Å². The smallest absolute Gasteiger partial charge is 0.385 e. The average Bonchev–Trinajstić information content (AvgIpc) is 2.27. The maximum Gasteiger partial charge on any atom is 0.418 e. The highest BCUT2D eigenvalue weighted by atomic mass is 19.4. The molecule has 0 aromatic heterocycles. The summed E-state index contributed by atoms with van der Waals surface area (Å²) in [4.78, 5) is 11.7. The highest BCUT2D eigenvalue weighted by molar-refractivity contribution is 5.95. The Morgan fingerprint density at radius 1 is 1.32 bits per heavy atom. The quantitative estimate of drug-likeness (QED) is 0.884. The molecule has 0 aliphatic rings. The molecule has 0 unspecified atom stereocenters. The van der Waals surface area contributed by atoms with Crippen molar-refractivity contribution in [1.29, 1.82) is 0 Å². The fraction of sp³-hybridized carbons (Fsp3) is 0.462. The van der Waals surface area contributed by atoms with Crippen LogP contribution in [0.3, 0.4) is 0 Å². The molecule has 0 atom stereocenters. The molecule has 0 aliphatic carbocycles. The zero-order chi connectivity index (χ0) is 14.6. The molecule has 1 aromatic carbocycles. The minimum Gasteiger partial charge on any atom is -0.385 e. The van der Waals surface area contributed by atoms with E-state index in [0.29, 0.717) is 6.54 Å². The van der Waals surface area contributed by atoms with Crippen molar-refractivity contribution in [3.05, 3.63) is 29.3 Å². The number of amides is 1. The van der Waals surface area contributed by atoms with Crippen molar-refractivity contribution in [2.75, 3.05) is 11.9 Å². The van der Waals surface area contributed by atoms with Crippen molar-refractivity contribution in [3.8, 4) is 0 Å². The molecule has 19 heavy (non-hydrogen) atoms. The van der Waals surface area contributed by atoms with E-state index in [0.717, 1.165) is 6.07 Å². The first-order valence-electron chi connectivity index (χ1n) is 6.01. The van der Waals surface area contributed by atoms with Gasteiger partial charge >= 0.3 is 6.18 Å². The van der Waals surface area contributed by atoms with Crippen LogP contribution in [0.1, 0.15) is 36.7 Å². The van der Waals surface area contributed by atoms with Crippen molar-refractivity contribution in [2.45, 2.75) is 33.0 Å². The molecule has 0 aliphatic heterocycles. The van der Waals surface area contributed by atoms with Gasteiger partial charge in [-0.15, -0.1) is 0 Å². The fourth-order valence-electron chi connectivity index (χ4n) is 1.61. The van der Waals surface area contributed by atoms with Gasteiger partial charge in [0.25, 0.3) is 5.91 Å². The molecule has 6 heteroatoms. The van der Waals surface area contributed by atoms with Crippen LogP contribution in [-0.2, 0) is 6.18 Å². The van der Waals surface area contributed by atoms with E-state index in [1.807, 2.05) is 0 Å². The zero-order valence-corrected chi connectivity index (χ0v) is 11.1. The number of nitrogens with one attached hydrogen (secondary N) is 2. The van der Waals surface area contributed by atoms with Crippen LogP contribution in [0, 0.1) is 0 Å². The second-order valence-corrected chi connectivity index (χ2v) is 4.42. The van der Waals surface area contributed by atoms with Crippen molar-refractivity contribution in [2.24, 2.45) is 0 Å². The van der Waals surface area contributed by atoms with E-state index in [1.165, 1.54) is 12.1 Å². The predicted molar refractivity (Wildman–Crippen MR) is 68.2 cm³/mol. The summed E-state index contributed by atoms with van der Waals surface area (Å²) in [7, 11) is 0. The normalized spacial score (nSPS) is 11.5. The van der Waals surface area contributed by atoms with Gasteiger partial charge in [-0.05, 0) is 39.0 Å². The second-order valence-electron chi connectivity index (χ2n) is 4.42. The molecule has 0 radical (unpaired) electrons. The van der Waals surface area contributed by atoms with Crippen LogP contribution in [0.25, 0.3) is 0 Å². The molecule has 1 aromatic rings. The number of benzene rings is 1. The number of hydrogen-bond donors (Lipinski definition) is 2. The third-order valence-electron chi connectivity index (χ3n) is 2.37. The van der Waals surface area contributed by atoms with Crippen molar-refractivity contribution < 1.29 is 18.0 Å². The van der Waals surface area contributed by atoms with Crippen LogP contribution >= 0.6 is 0 Å². The Hall–Kier alpha value is -1.72. The van der Waals surface area contributed by atoms with Crippen molar-refractivity contribution >= 4 is 11.6 Å². The van der Waals surface area contributed by atoms with Gasteiger partial charge in [0, 0.05) is 23.8 Å². The van der Waals surface area contributed by atoms with Crippen LogP contribution < -0.4 is 10.6 Å². The number of carbonyl (C=O) groups is 1. The lowest BCUT2D eigenvalue weighted by Crippen LogP contribution is -2.30. The lowest BCUT2D eigenvalue weighted by Gasteiger charge is -2.15. The van der Waals surface area contributed by atoms with E-state index >= 15 is 0 Å². The van der Waals surface area contributed by atoms with E-state index in [2.05, 4.69) is 10.6 Å². The van der Waals surface area contributed by atoms with Crippen LogP contribution in [0.15, 0.2) is 18.2 Å². The number of rotatable bonds is 4. The highest BCUT2D eigenvalue weighted by Gasteiger charge is 2.34. The first kappa shape index (κ1) is 15.3. The monoisotopic (exact) mass is 274 g/mol. The number of anilines is 1. The fourth-order valence-corrected chi connectivity index (χ4v) is 1.61. The minimum atomic E-state index is -4.49. The Bertz CT molecular complexity index is 456. The van der Waals surface area contributed by atoms with Gasteiger partial charge in [0.05, 0.1) is 5.56 Å². The maximum atomic E-state index is 12.9. The van der Waals surface area contributed by atoms with Crippen LogP contribution in [-0.4, -0.2) is 18.5 Å². The van der Waals surface area contributed by atoms with E-state index < -0.39 is 17.6 Å². The Morgan fingerprint density at radius 3 is 2.42 bits per heavy atom. The third kappa shape index (κ3) is 4.15. The molecule has 0 fully saturated rings. The van der Waals surface area contributed by atoms with Gasteiger partial charge in [-0.3, -0.25) is 4.79 Å². The topological polar surface area (TPSA) is 41.1 Å². The Balaban J connectivity index is 3.15. The lowest BCUT2D eigenvalue weighted by atomic mass is 10.1. The number of halogens is 3. The largest absolute Gasteiger partial charge is 0.418 e. The van der Waals surface area contributed by atoms with E-state index in [4.69, 9.17) is 0 Å². The van der Waals surface area contributed by atoms with Gasteiger partial charge in [0.1, 0.15) is 0 Å². The molecule has 0 heterocycles. The molecule has 1 rings (SSSR count). The summed E-state index contributed by atoms with van der Waals surface area (Å²) in [5.74, 6) is -0.511. The van der Waals surface area contributed by atoms with Crippen LogP contribution in [0.2, 0.25) is 0 Å². The molecule has 0 bridgehead atoms. The van der Waals surface area contributed by atoms with Crippen molar-refractivity contribution in [1.82, 2.24) is 5.32 Å². The second kappa shape index (κ2) is 5.95. The van der Waals surface area contributed by atoms with Crippen LogP contribution in [0.5, 0.6) is 0 Å². The lowest BCUT2D eigenvalue weighted by molar-refractivity contribution is -0.137. The molecule has 0 spiro atoms. The molecule has 0 saturated carbocycles. The van der Waals surface area contributed by atoms with Gasteiger partial charge in [-0.2, -0.15) is 13.2 Å².